The van der Waals surface area contributed by atoms with Gasteiger partial charge in [0, 0.05) is 18.8 Å². The van der Waals surface area contributed by atoms with Crippen LogP contribution >= 0.6 is 15.9 Å². The van der Waals surface area contributed by atoms with Gasteiger partial charge >= 0.3 is 0 Å². The molecule has 4 rings (SSSR count). The molecule has 0 aromatic heterocycles. The van der Waals surface area contributed by atoms with E-state index in [0.29, 0.717) is 17.4 Å². The molecular formula is C16H20BrNO3. The molecule has 3 saturated heterocycles. The van der Waals surface area contributed by atoms with Crippen LogP contribution in [0.2, 0.25) is 0 Å². The molecule has 1 aromatic carbocycles. The number of hydrogen-bond donors (Lipinski definition) is 1. The molecule has 114 valence electrons. The van der Waals surface area contributed by atoms with Crippen LogP contribution in [0.15, 0.2) is 22.3 Å². The van der Waals surface area contributed by atoms with Gasteiger partial charge in [-0.15, -0.1) is 0 Å². The first kappa shape index (κ1) is 14.7. The Morgan fingerprint density at radius 3 is 2.52 bits per heavy atom. The number of halogens is 1. The highest BCUT2D eigenvalue weighted by molar-refractivity contribution is 9.10. The number of hydrogen-bond acceptors (Lipinski definition) is 4. The minimum Gasteiger partial charge on any atom is -0.493 e. The summed E-state index contributed by atoms with van der Waals surface area (Å²) in [6.07, 6.45) is 3.89. The lowest BCUT2D eigenvalue weighted by Crippen LogP contribution is -2.48. The number of piperidine rings is 3. The Balaban J connectivity index is 1.97. The van der Waals surface area contributed by atoms with Gasteiger partial charge < -0.3 is 19.5 Å². The number of methoxy groups -OCH3 is 2. The summed E-state index contributed by atoms with van der Waals surface area (Å²) in [6.45, 7) is 2.09. The quantitative estimate of drug-likeness (QED) is 0.907. The van der Waals surface area contributed by atoms with Crippen molar-refractivity contribution in [2.24, 2.45) is 5.92 Å². The van der Waals surface area contributed by atoms with Crippen LogP contribution in [0.25, 0.3) is 6.08 Å². The van der Waals surface area contributed by atoms with E-state index in [9.17, 15) is 5.11 Å². The van der Waals surface area contributed by atoms with Crippen molar-refractivity contribution in [1.29, 1.82) is 0 Å². The molecule has 1 N–H and O–H groups in total. The van der Waals surface area contributed by atoms with E-state index < -0.39 is 0 Å². The topological polar surface area (TPSA) is 41.9 Å². The van der Waals surface area contributed by atoms with Gasteiger partial charge in [-0.2, -0.15) is 0 Å². The summed E-state index contributed by atoms with van der Waals surface area (Å²) >= 11 is 3.51. The average molecular weight is 354 g/mol. The minimum absolute atomic E-state index is 0.348. The van der Waals surface area contributed by atoms with E-state index in [1.807, 2.05) is 12.1 Å². The molecule has 4 nitrogen and oxygen atoms in total. The zero-order valence-electron chi connectivity index (χ0n) is 12.3. The Morgan fingerprint density at radius 1 is 1.24 bits per heavy atom. The zero-order chi connectivity index (χ0) is 15.0. The molecule has 3 heterocycles. The van der Waals surface area contributed by atoms with Gasteiger partial charge in [-0.1, -0.05) is 0 Å². The number of benzene rings is 1. The van der Waals surface area contributed by atoms with Gasteiger partial charge in [0.25, 0.3) is 0 Å². The number of ether oxygens (including phenoxy) is 2. The molecule has 5 heteroatoms. The van der Waals surface area contributed by atoms with Crippen molar-refractivity contribution in [2.45, 2.75) is 18.9 Å². The first-order valence-corrected chi connectivity index (χ1v) is 7.99. The van der Waals surface area contributed by atoms with E-state index >= 15 is 0 Å². The molecule has 3 aliphatic heterocycles. The number of nitrogens with zero attached hydrogens (tertiary/aromatic N) is 1. The summed E-state index contributed by atoms with van der Waals surface area (Å²) in [5.41, 5.74) is 2.03. The largest absolute Gasteiger partial charge is 0.493 e. The van der Waals surface area contributed by atoms with Crippen LogP contribution in [0, 0.1) is 5.92 Å². The Kier molecular flexibility index (Phi) is 4.13. The summed E-state index contributed by atoms with van der Waals surface area (Å²) in [5.74, 6) is 1.78. The van der Waals surface area contributed by atoms with Crippen LogP contribution in [0.3, 0.4) is 0 Å². The van der Waals surface area contributed by atoms with Crippen molar-refractivity contribution < 1.29 is 14.6 Å². The van der Waals surface area contributed by atoms with Crippen molar-refractivity contribution in [3.63, 3.8) is 0 Å². The Hall–Kier alpha value is -1.20. The molecule has 2 bridgehead atoms. The van der Waals surface area contributed by atoms with Crippen molar-refractivity contribution in [3.05, 3.63) is 27.9 Å². The van der Waals surface area contributed by atoms with Crippen LogP contribution < -0.4 is 9.47 Å². The van der Waals surface area contributed by atoms with E-state index in [2.05, 4.69) is 26.9 Å². The smallest absolute Gasteiger partial charge is 0.174 e. The predicted molar refractivity (Wildman–Crippen MR) is 85.5 cm³/mol. The van der Waals surface area contributed by atoms with E-state index in [1.165, 1.54) is 0 Å². The minimum atomic E-state index is -0.348. The molecule has 3 fully saturated rings. The molecule has 0 aliphatic carbocycles. The fourth-order valence-corrected chi connectivity index (χ4v) is 3.89. The molecule has 1 unspecified atom stereocenters. The summed E-state index contributed by atoms with van der Waals surface area (Å²) < 4.78 is 11.6. The van der Waals surface area contributed by atoms with Gasteiger partial charge in [0.1, 0.15) is 0 Å². The average Bonchev–Trinajstić information content (AvgIpc) is 2.50. The third-order valence-corrected chi connectivity index (χ3v) is 5.01. The Labute approximate surface area is 133 Å². The number of aliphatic hydroxyl groups excluding tert-OH is 1. The van der Waals surface area contributed by atoms with Gasteiger partial charge in [0.2, 0.25) is 0 Å². The number of aliphatic hydroxyl groups is 1. The first-order chi connectivity index (χ1) is 10.1. The van der Waals surface area contributed by atoms with Crippen LogP contribution in [0.4, 0.5) is 0 Å². The van der Waals surface area contributed by atoms with Crippen LogP contribution in [-0.2, 0) is 0 Å². The molecular weight excluding hydrogens is 334 g/mol. The lowest BCUT2D eigenvalue weighted by molar-refractivity contribution is 0.0215. The maximum Gasteiger partial charge on any atom is 0.174 e. The molecule has 0 saturated carbocycles. The van der Waals surface area contributed by atoms with Gasteiger partial charge in [-0.3, -0.25) is 0 Å². The summed E-state index contributed by atoms with van der Waals surface area (Å²) in [6, 6.07) is 3.93. The van der Waals surface area contributed by atoms with Gasteiger partial charge in [-0.05, 0) is 58.5 Å². The van der Waals surface area contributed by atoms with E-state index in [0.717, 1.165) is 41.7 Å². The molecule has 1 aromatic rings. The van der Waals surface area contributed by atoms with E-state index in [1.54, 1.807) is 14.2 Å². The maximum atomic E-state index is 10.4. The van der Waals surface area contributed by atoms with Crippen LogP contribution in [0.1, 0.15) is 18.4 Å². The second kappa shape index (κ2) is 5.89. The Morgan fingerprint density at radius 2 is 1.95 bits per heavy atom. The van der Waals surface area contributed by atoms with Crippen molar-refractivity contribution in [2.75, 3.05) is 27.3 Å². The Bertz CT molecular complexity index is 561. The highest BCUT2D eigenvalue weighted by Gasteiger charge is 2.36. The molecule has 3 aliphatic rings. The van der Waals surface area contributed by atoms with Crippen LogP contribution in [-0.4, -0.2) is 43.4 Å². The summed E-state index contributed by atoms with van der Waals surface area (Å²) in [7, 11) is 3.25. The highest BCUT2D eigenvalue weighted by atomic mass is 79.9. The zero-order valence-corrected chi connectivity index (χ0v) is 13.9. The summed E-state index contributed by atoms with van der Waals surface area (Å²) in [5, 5.41) is 10.4. The fourth-order valence-electron chi connectivity index (χ4n) is 3.27. The molecule has 0 amide bonds. The SMILES string of the molecule is COc1cc(C=C2C(O)C3CCN2CC3)cc(Br)c1OC. The predicted octanol–water partition coefficient (Wildman–Crippen LogP) is 2.89. The van der Waals surface area contributed by atoms with E-state index in [-0.39, 0.29) is 6.10 Å². The van der Waals surface area contributed by atoms with Crippen molar-refractivity contribution in [1.82, 2.24) is 4.90 Å². The van der Waals surface area contributed by atoms with E-state index in [4.69, 9.17) is 9.47 Å². The third-order valence-electron chi connectivity index (χ3n) is 4.42. The molecule has 0 radical (unpaired) electrons. The second-order valence-electron chi connectivity index (χ2n) is 5.58. The highest BCUT2D eigenvalue weighted by Crippen LogP contribution is 2.39. The lowest BCUT2D eigenvalue weighted by atomic mass is 9.83. The van der Waals surface area contributed by atoms with Gasteiger partial charge in [0.15, 0.2) is 11.5 Å². The van der Waals surface area contributed by atoms with Crippen molar-refractivity contribution >= 4 is 22.0 Å². The number of rotatable bonds is 3. The molecule has 21 heavy (non-hydrogen) atoms. The van der Waals surface area contributed by atoms with Gasteiger partial charge in [0.05, 0.1) is 24.8 Å². The van der Waals surface area contributed by atoms with Gasteiger partial charge in [-0.25, -0.2) is 0 Å². The monoisotopic (exact) mass is 353 g/mol. The molecule has 1 atom stereocenters. The third kappa shape index (κ3) is 2.64. The van der Waals surface area contributed by atoms with Crippen LogP contribution in [0.5, 0.6) is 11.5 Å². The second-order valence-corrected chi connectivity index (χ2v) is 6.43. The lowest BCUT2D eigenvalue weighted by Gasteiger charge is -2.46. The fraction of sp³-hybridized carbons (Fsp3) is 0.500. The molecule has 0 spiro atoms. The summed E-state index contributed by atoms with van der Waals surface area (Å²) in [4.78, 5) is 2.29. The first-order valence-electron chi connectivity index (χ1n) is 7.20. The maximum absolute atomic E-state index is 10.4. The normalized spacial score (nSPS) is 26.3. The standard InChI is InChI=1S/C16H20BrNO3/c1-20-14-9-10(7-12(17)16(14)21-2)8-13-15(19)11-3-5-18(13)6-4-11/h7-9,11,15,19H,3-6H2,1-2H3. The van der Waals surface area contributed by atoms with Crippen molar-refractivity contribution in [3.8, 4) is 11.5 Å². The number of fused-ring (bicyclic) bond motifs is 3.